The lowest BCUT2D eigenvalue weighted by molar-refractivity contribution is -0.149. The Balaban J connectivity index is 1.77. The number of carbonyl (C=O) groups is 3. The van der Waals surface area contributed by atoms with E-state index in [1.807, 2.05) is 0 Å². The van der Waals surface area contributed by atoms with Crippen molar-refractivity contribution in [1.29, 1.82) is 0 Å². The molecule has 2 aliphatic heterocycles. The molecule has 0 bridgehead atoms. The van der Waals surface area contributed by atoms with Crippen molar-refractivity contribution in [3.63, 3.8) is 0 Å². The molecule has 2 heterocycles. The normalized spacial score (nSPS) is 23.2. The summed E-state index contributed by atoms with van der Waals surface area (Å²) in [5, 5.41) is 24.7. The largest absolute Gasteiger partial charge is 0.508 e. The Labute approximate surface area is 157 Å². The third-order valence-electron chi connectivity index (χ3n) is 5.19. The zero-order valence-electron chi connectivity index (χ0n) is 15.1. The van der Waals surface area contributed by atoms with Crippen LogP contribution in [0.1, 0.15) is 31.2 Å². The molecule has 3 atom stereocenters. The second-order valence-corrected chi connectivity index (χ2v) is 7.11. The number of phenolic OH excluding ortho intramolecular Hbond substituents is 1. The fourth-order valence-electron chi connectivity index (χ4n) is 3.74. The van der Waals surface area contributed by atoms with Gasteiger partial charge < -0.3 is 25.7 Å². The molecule has 2 aliphatic rings. The molecule has 146 valence electrons. The van der Waals surface area contributed by atoms with Crippen molar-refractivity contribution in [2.45, 2.75) is 50.2 Å². The van der Waals surface area contributed by atoms with Crippen LogP contribution in [-0.2, 0) is 20.8 Å². The highest BCUT2D eigenvalue weighted by molar-refractivity contribution is 5.92. The van der Waals surface area contributed by atoms with Gasteiger partial charge in [-0.3, -0.25) is 9.59 Å². The molecular weight excluding hydrogens is 350 g/mol. The van der Waals surface area contributed by atoms with Gasteiger partial charge in [-0.05, 0) is 49.9 Å². The molecule has 4 N–H and O–H groups in total. The van der Waals surface area contributed by atoms with E-state index in [2.05, 4.69) is 10.6 Å². The van der Waals surface area contributed by atoms with E-state index in [-0.39, 0.29) is 30.0 Å². The van der Waals surface area contributed by atoms with Crippen molar-refractivity contribution in [3.05, 3.63) is 29.8 Å². The topological polar surface area (TPSA) is 119 Å². The molecule has 0 aromatic heterocycles. The van der Waals surface area contributed by atoms with Gasteiger partial charge in [-0.2, -0.15) is 0 Å². The summed E-state index contributed by atoms with van der Waals surface area (Å²) in [7, 11) is 0. The number of benzene rings is 1. The monoisotopic (exact) mass is 375 g/mol. The first-order valence-corrected chi connectivity index (χ1v) is 9.30. The van der Waals surface area contributed by atoms with Gasteiger partial charge in [0.25, 0.3) is 0 Å². The van der Waals surface area contributed by atoms with Gasteiger partial charge in [0.05, 0.1) is 6.04 Å². The predicted molar refractivity (Wildman–Crippen MR) is 97.1 cm³/mol. The molecule has 2 amide bonds. The van der Waals surface area contributed by atoms with Crippen LogP contribution in [0.25, 0.3) is 0 Å². The number of hydrogen-bond donors (Lipinski definition) is 4. The molecule has 0 aliphatic carbocycles. The number of hydrogen-bond acceptors (Lipinski definition) is 5. The molecule has 3 rings (SSSR count). The van der Waals surface area contributed by atoms with Gasteiger partial charge in [0.1, 0.15) is 17.8 Å². The number of carboxylic acid groups (broad SMARTS) is 1. The molecule has 27 heavy (non-hydrogen) atoms. The highest BCUT2D eigenvalue weighted by atomic mass is 16.4. The summed E-state index contributed by atoms with van der Waals surface area (Å²) in [4.78, 5) is 38.4. The minimum atomic E-state index is -1.02. The summed E-state index contributed by atoms with van der Waals surface area (Å²) in [6.07, 6.45) is 2.91. The molecule has 2 saturated heterocycles. The third-order valence-corrected chi connectivity index (χ3v) is 5.19. The lowest BCUT2D eigenvalue weighted by atomic mass is 10.0. The Morgan fingerprint density at radius 2 is 1.93 bits per heavy atom. The Morgan fingerprint density at radius 3 is 2.56 bits per heavy atom. The zero-order valence-corrected chi connectivity index (χ0v) is 15.1. The SMILES string of the molecule is O=C(N[C@@H](Cc1ccc(O)cc1)C(=O)N1CCC[C@@H]1C(=O)O)[C@@H]1CCCN1. The number of amides is 2. The average molecular weight is 375 g/mol. The summed E-state index contributed by atoms with van der Waals surface area (Å²) < 4.78 is 0. The van der Waals surface area contributed by atoms with Crippen LogP contribution in [0.15, 0.2) is 24.3 Å². The fraction of sp³-hybridized carbons (Fsp3) is 0.526. The lowest BCUT2D eigenvalue weighted by Crippen LogP contribution is -2.55. The molecule has 1 aromatic rings. The van der Waals surface area contributed by atoms with Gasteiger partial charge in [-0.25, -0.2) is 4.79 Å². The van der Waals surface area contributed by atoms with Gasteiger partial charge in [-0.15, -0.1) is 0 Å². The molecular formula is C19H25N3O5. The minimum Gasteiger partial charge on any atom is -0.508 e. The molecule has 0 spiro atoms. The second kappa shape index (κ2) is 8.39. The van der Waals surface area contributed by atoms with Crippen molar-refractivity contribution >= 4 is 17.8 Å². The van der Waals surface area contributed by atoms with E-state index >= 15 is 0 Å². The number of likely N-dealkylation sites (tertiary alicyclic amines) is 1. The number of nitrogens with one attached hydrogen (secondary N) is 2. The fourth-order valence-corrected chi connectivity index (χ4v) is 3.74. The van der Waals surface area contributed by atoms with Crippen molar-refractivity contribution < 1.29 is 24.6 Å². The van der Waals surface area contributed by atoms with Crippen molar-refractivity contribution in [2.24, 2.45) is 0 Å². The van der Waals surface area contributed by atoms with E-state index in [9.17, 15) is 24.6 Å². The highest BCUT2D eigenvalue weighted by Gasteiger charge is 2.38. The predicted octanol–water partition coefficient (Wildman–Crippen LogP) is 0.247. The summed E-state index contributed by atoms with van der Waals surface area (Å²) in [5.74, 6) is -1.52. The Bertz CT molecular complexity index is 700. The summed E-state index contributed by atoms with van der Waals surface area (Å²) in [6, 6.07) is 4.41. The number of nitrogens with zero attached hydrogens (tertiary/aromatic N) is 1. The van der Waals surface area contributed by atoms with E-state index in [1.54, 1.807) is 12.1 Å². The maximum atomic E-state index is 13.1. The van der Waals surface area contributed by atoms with Crippen LogP contribution in [0, 0.1) is 0 Å². The smallest absolute Gasteiger partial charge is 0.326 e. The van der Waals surface area contributed by atoms with Gasteiger partial charge >= 0.3 is 5.97 Å². The average Bonchev–Trinajstić information content (AvgIpc) is 3.34. The molecule has 2 fully saturated rings. The first-order valence-electron chi connectivity index (χ1n) is 9.30. The number of rotatable bonds is 6. The van der Waals surface area contributed by atoms with E-state index in [0.29, 0.717) is 25.8 Å². The van der Waals surface area contributed by atoms with Crippen LogP contribution in [0.3, 0.4) is 0 Å². The number of carbonyl (C=O) groups excluding carboxylic acids is 2. The number of aliphatic carboxylic acids is 1. The molecule has 1 aromatic carbocycles. The van der Waals surface area contributed by atoms with Crippen LogP contribution in [0.2, 0.25) is 0 Å². The lowest BCUT2D eigenvalue weighted by Gasteiger charge is -2.28. The standard InChI is InChI=1S/C19H25N3O5/c23-13-7-5-12(6-8-13)11-15(21-17(24)14-3-1-9-20-14)18(25)22-10-2-4-16(22)19(26)27/h5-8,14-16,20,23H,1-4,9-11H2,(H,21,24)(H,26,27)/t14-,15-,16+/m0/s1. The van der Waals surface area contributed by atoms with Crippen molar-refractivity contribution in [3.8, 4) is 5.75 Å². The van der Waals surface area contributed by atoms with E-state index < -0.39 is 18.1 Å². The summed E-state index contributed by atoms with van der Waals surface area (Å²) in [6.45, 7) is 1.14. The molecule has 0 radical (unpaired) electrons. The minimum absolute atomic E-state index is 0.117. The first kappa shape index (κ1) is 19.2. The quantitative estimate of drug-likeness (QED) is 0.566. The maximum absolute atomic E-state index is 13.1. The zero-order chi connectivity index (χ0) is 19.4. The van der Waals surface area contributed by atoms with Crippen LogP contribution in [0.4, 0.5) is 0 Å². The number of aromatic hydroxyl groups is 1. The van der Waals surface area contributed by atoms with Crippen LogP contribution < -0.4 is 10.6 Å². The number of carboxylic acids is 1. The van der Waals surface area contributed by atoms with E-state index in [0.717, 1.165) is 18.5 Å². The van der Waals surface area contributed by atoms with Gasteiger partial charge in [-0.1, -0.05) is 12.1 Å². The summed E-state index contributed by atoms with van der Waals surface area (Å²) >= 11 is 0. The van der Waals surface area contributed by atoms with E-state index in [4.69, 9.17) is 0 Å². The van der Waals surface area contributed by atoms with Gasteiger partial charge in [0.2, 0.25) is 11.8 Å². The Kier molecular flexibility index (Phi) is 5.95. The summed E-state index contributed by atoms with van der Waals surface area (Å²) in [5.41, 5.74) is 0.775. The second-order valence-electron chi connectivity index (χ2n) is 7.11. The molecule has 0 saturated carbocycles. The Hall–Kier alpha value is -2.61. The molecule has 8 heteroatoms. The molecule has 0 unspecified atom stereocenters. The van der Waals surface area contributed by atoms with Crippen molar-refractivity contribution in [1.82, 2.24) is 15.5 Å². The van der Waals surface area contributed by atoms with Crippen LogP contribution in [0.5, 0.6) is 5.75 Å². The van der Waals surface area contributed by atoms with Crippen LogP contribution >= 0.6 is 0 Å². The number of phenols is 1. The van der Waals surface area contributed by atoms with Crippen LogP contribution in [-0.4, -0.2) is 64.1 Å². The van der Waals surface area contributed by atoms with Crippen molar-refractivity contribution in [2.75, 3.05) is 13.1 Å². The third kappa shape index (κ3) is 4.57. The molecule has 8 nitrogen and oxygen atoms in total. The van der Waals surface area contributed by atoms with E-state index in [1.165, 1.54) is 17.0 Å². The van der Waals surface area contributed by atoms with Gasteiger partial charge in [0.15, 0.2) is 0 Å². The van der Waals surface area contributed by atoms with Gasteiger partial charge in [0, 0.05) is 13.0 Å². The first-order chi connectivity index (χ1) is 13.0. The highest BCUT2D eigenvalue weighted by Crippen LogP contribution is 2.20. The Morgan fingerprint density at radius 1 is 1.19 bits per heavy atom. The maximum Gasteiger partial charge on any atom is 0.326 e.